The summed E-state index contributed by atoms with van der Waals surface area (Å²) in [7, 11) is -6.16. The molecule has 7 rings (SSSR count). The number of hydrogen-bond acceptors (Lipinski definition) is 18. The van der Waals surface area contributed by atoms with Crippen LogP contribution in [-0.4, -0.2) is 141 Å². The molecule has 494 valence electrons. The fourth-order valence-corrected chi connectivity index (χ4v) is 10.5. The number of sulfone groups is 1. The van der Waals surface area contributed by atoms with Crippen molar-refractivity contribution < 1.29 is 80.2 Å². The second-order valence-electron chi connectivity index (χ2n) is 21.4. The number of carboxylic acids is 1. The van der Waals surface area contributed by atoms with E-state index in [9.17, 15) is 56.7 Å². The highest BCUT2D eigenvalue weighted by molar-refractivity contribution is 7.90. The lowest BCUT2D eigenvalue weighted by atomic mass is 9.81. The highest BCUT2D eigenvalue weighted by atomic mass is 35.5. The zero-order chi connectivity index (χ0) is 68.3. The van der Waals surface area contributed by atoms with Crippen molar-refractivity contribution in [2.24, 2.45) is 5.92 Å². The summed E-state index contributed by atoms with van der Waals surface area (Å²) in [6.07, 6.45) is 1.58. The van der Waals surface area contributed by atoms with Crippen LogP contribution in [0.5, 0.6) is 11.5 Å². The van der Waals surface area contributed by atoms with Gasteiger partial charge in [-0.3, -0.25) is 48.8 Å². The van der Waals surface area contributed by atoms with Crippen molar-refractivity contribution in [2.75, 3.05) is 55.1 Å². The van der Waals surface area contributed by atoms with Crippen molar-refractivity contribution in [3.63, 3.8) is 0 Å². The van der Waals surface area contributed by atoms with Gasteiger partial charge in [0, 0.05) is 43.8 Å². The first-order valence-electron chi connectivity index (χ1n) is 27.4. The standard InChI is InChI=1S/C15H18Cl2N2O3.C15H22ClNO2.C14H13NO7S.C11H11Cl2NO2.C3H8NO5P/c1-8(2)21-12-7-11(9(16)6-10(12)17)19-14(20)22-13(18-19)15(3,4)5;1-5-13-8-6-7-11(2)15(13)17(14(18)9-16)12(3)10-19-4;1-23(21,22)8-5-6-9(10(7-8)15(19)20)14(18)13-11(16)3-2-4-12(13)17;1-7-6-16-9-5-3-2-4-8(9)14(7)11(15)10(12)13;5-3(6)1-4-2-10(7,8)9/h6-8H,1-5H3;6-8,12H,5,9-10H2,1-4H3;5-7,13H,2-4H2,1H3;2-5,7,10H,6H2,1H3;4H,1-2H2,(H,5,6)(H2,7,8,9). The molecule has 1 aliphatic heterocycles. The molecule has 2 amide bonds. The van der Waals surface area contributed by atoms with Gasteiger partial charge in [0.1, 0.15) is 29.9 Å². The molecule has 32 heteroatoms. The number of carbonyl (C=O) groups is 6. The third-order valence-electron chi connectivity index (χ3n) is 12.6. The minimum atomic E-state index is -4.10. The third-order valence-corrected chi connectivity index (χ3v) is 15.6. The van der Waals surface area contributed by atoms with Crippen LogP contribution < -0.4 is 30.3 Å². The number of benzene rings is 4. The molecule has 25 nitrogen and oxygen atoms in total. The Morgan fingerprint density at radius 2 is 1.58 bits per heavy atom. The number of aliphatic carboxylic acids is 1. The largest absolute Gasteiger partial charge is 0.489 e. The third kappa shape index (κ3) is 22.8. The topological polar surface area (TPSA) is 352 Å². The number of amides is 2. The number of aryl methyl sites for hydroxylation is 2. The predicted octanol–water partition coefficient (Wildman–Crippen LogP) is 9.90. The minimum absolute atomic E-state index is 0.0223. The minimum Gasteiger partial charge on any atom is -0.489 e. The summed E-state index contributed by atoms with van der Waals surface area (Å²) in [5, 5.41) is 26.1. The van der Waals surface area contributed by atoms with Gasteiger partial charge in [-0.05, 0) is 88.9 Å². The van der Waals surface area contributed by atoms with Crippen LogP contribution >= 0.6 is 65.6 Å². The van der Waals surface area contributed by atoms with Gasteiger partial charge in [-0.1, -0.05) is 104 Å². The first-order valence-corrected chi connectivity index (χ1v) is 33.3. The van der Waals surface area contributed by atoms with E-state index < -0.39 is 86.3 Å². The van der Waals surface area contributed by atoms with Crippen molar-refractivity contribution in [3.05, 3.63) is 126 Å². The van der Waals surface area contributed by atoms with Crippen LogP contribution in [-0.2, 0) is 54.9 Å². The number of fused-ring (bicyclic) bond motifs is 1. The Morgan fingerprint density at radius 3 is 2.09 bits per heavy atom. The highest BCUT2D eigenvalue weighted by Gasteiger charge is 2.39. The molecular weight excluding hydrogens is 1320 g/mol. The molecule has 4 N–H and O–H groups in total. The molecule has 2 atom stereocenters. The van der Waals surface area contributed by atoms with Crippen LogP contribution in [0.3, 0.4) is 0 Å². The number of methoxy groups -OCH3 is 1. The maximum Gasteiger partial charge on any atom is 0.442 e. The Kier molecular flexibility index (Phi) is 30.3. The van der Waals surface area contributed by atoms with Gasteiger partial charge in [0.05, 0.1) is 80.1 Å². The molecule has 5 aromatic rings. The number of aromatic nitrogens is 2. The number of nitro groups is 1. The zero-order valence-electron chi connectivity index (χ0n) is 51.0. The Morgan fingerprint density at radius 1 is 0.956 bits per heavy atom. The predicted molar refractivity (Wildman–Crippen MR) is 342 cm³/mol. The van der Waals surface area contributed by atoms with Crippen molar-refractivity contribution in [1.29, 1.82) is 0 Å². The van der Waals surface area contributed by atoms with E-state index in [0.717, 1.165) is 58.1 Å². The number of Topliss-reactive ketones (excluding diaryl/α,β-unsaturated/α-hetero) is 3. The van der Waals surface area contributed by atoms with E-state index in [1.54, 1.807) is 23.0 Å². The number of alkyl halides is 3. The van der Waals surface area contributed by atoms with Crippen LogP contribution in [0.25, 0.3) is 5.69 Å². The fourth-order valence-electron chi connectivity index (χ4n) is 8.58. The van der Waals surface area contributed by atoms with E-state index in [1.807, 2.05) is 91.8 Å². The summed E-state index contributed by atoms with van der Waals surface area (Å²) in [6.45, 7) is 17.9. The number of nitrogens with zero attached hydrogens (tertiary/aromatic N) is 5. The average molecular weight is 1400 g/mol. The Hall–Kier alpha value is -6.29. The van der Waals surface area contributed by atoms with Crippen LogP contribution in [0.2, 0.25) is 10.0 Å². The van der Waals surface area contributed by atoms with Gasteiger partial charge in [-0.15, -0.1) is 16.7 Å². The number of hydrogen-bond donors (Lipinski definition) is 4. The average Bonchev–Trinajstić information content (AvgIpc) is 1.19. The van der Waals surface area contributed by atoms with E-state index in [4.69, 9.17) is 91.5 Å². The molecule has 4 aromatic carbocycles. The van der Waals surface area contributed by atoms with Gasteiger partial charge >= 0.3 is 19.3 Å². The van der Waals surface area contributed by atoms with Gasteiger partial charge < -0.3 is 43.3 Å². The summed E-state index contributed by atoms with van der Waals surface area (Å²) >= 11 is 29.3. The molecule has 0 bridgehead atoms. The summed E-state index contributed by atoms with van der Waals surface area (Å²) in [5.41, 5.74) is 2.74. The molecule has 90 heavy (non-hydrogen) atoms. The summed E-state index contributed by atoms with van der Waals surface area (Å²) < 4.78 is 55.6. The molecular formula is C58H72Cl5N6O19PS. The number of rotatable bonds is 18. The van der Waals surface area contributed by atoms with Crippen molar-refractivity contribution in [3.8, 4) is 17.2 Å². The first kappa shape index (κ1) is 78.0. The highest BCUT2D eigenvalue weighted by Crippen LogP contribution is 2.37. The zero-order valence-corrected chi connectivity index (χ0v) is 56.5. The van der Waals surface area contributed by atoms with Gasteiger partial charge in [0.25, 0.3) is 11.6 Å². The number of nitrogens with one attached hydrogen (secondary N) is 1. The van der Waals surface area contributed by atoms with E-state index in [0.29, 0.717) is 47.7 Å². The van der Waals surface area contributed by atoms with Crippen LogP contribution in [0.15, 0.2) is 86.9 Å². The number of nitro benzene ring substituents is 1. The monoisotopic (exact) mass is 1390 g/mol. The Bertz CT molecular complexity index is 3590. The maximum absolute atomic E-state index is 12.4. The lowest BCUT2D eigenvalue weighted by Crippen LogP contribution is -2.47. The number of para-hydroxylation sites is 3. The summed E-state index contributed by atoms with van der Waals surface area (Å²) in [5.74, 6) is -4.34. The van der Waals surface area contributed by atoms with Gasteiger partial charge in [0.15, 0.2) is 32.0 Å². The molecule has 2 unspecified atom stereocenters. The summed E-state index contributed by atoms with van der Waals surface area (Å²) in [4.78, 5) is 111. The lowest BCUT2D eigenvalue weighted by molar-refractivity contribution is -0.385. The summed E-state index contributed by atoms with van der Waals surface area (Å²) in [6, 6.07) is 19.2. The number of anilines is 2. The number of halogens is 5. The number of ketones is 3. The molecule has 0 radical (unpaired) electrons. The van der Waals surface area contributed by atoms with E-state index >= 15 is 0 Å². The van der Waals surface area contributed by atoms with Crippen LogP contribution in [0, 0.1) is 23.0 Å². The normalized spacial score (nSPS) is 14.4. The second kappa shape index (κ2) is 34.9. The van der Waals surface area contributed by atoms with E-state index in [-0.39, 0.29) is 64.1 Å². The Labute approximate surface area is 545 Å². The molecule has 0 saturated heterocycles. The second-order valence-corrected chi connectivity index (χ2v) is 27.3. The molecule has 1 saturated carbocycles. The molecule has 1 aliphatic carbocycles. The maximum atomic E-state index is 12.4. The smallest absolute Gasteiger partial charge is 0.442 e. The van der Waals surface area contributed by atoms with E-state index in [1.165, 1.54) is 6.07 Å². The molecule has 1 fully saturated rings. The van der Waals surface area contributed by atoms with Gasteiger partial charge in [-0.25, -0.2) is 13.2 Å². The van der Waals surface area contributed by atoms with Crippen molar-refractivity contribution >= 4 is 128 Å². The fraction of sp³-hybridized carbons (Fsp3) is 0.448. The van der Waals surface area contributed by atoms with Gasteiger partial charge in [-0.2, -0.15) is 4.68 Å². The number of carbonyl (C=O) groups excluding carboxylic acids is 5. The molecule has 2 aliphatic rings. The Balaban J connectivity index is 0.000000300. The van der Waals surface area contributed by atoms with Crippen LogP contribution in [0.1, 0.15) is 102 Å². The quantitative estimate of drug-likeness (QED) is 0.0158. The lowest BCUT2D eigenvalue weighted by Gasteiger charge is -2.35. The number of ether oxygens (including phenoxy) is 3. The van der Waals surface area contributed by atoms with Gasteiger partial charge in [0.2, 0.25) is 11.8 Å². The van der Waals surface area contributed by atoms with E-state index in [2.05, 4.69) is 23.4 Å². The SMILES string of the molecule is CC(C)Oc1cc(-n2nc(C(C)(C)C)oc2=O)c(Cl)cc1Cl.CC1COc2ccccc2N1C(=O)C(Cl)Cl.CCc1cccc(C)c1N(C(=O)CCl)C(C)COC.CS(=O)(=O)c1ccc(C(=O)C2C(=O)CCCC2=O)c([N+](=O)[O-])c1.O=C(O)CNCP(=O)(O)O. The molecule has 1 aromatic heterocycles. The van der Waals surface area contributed by atoms with Crippen molar-refractivity contribution in [1.82, 2.24) is 15.1 Å². The number of carboxylic acid groups (broad SMARTS) is 1. The molecule has 2 heterocycles. The first-order chi connectivity index (χ1) is 41.8. The van der Waals surface area contributed by atoms with Crippen LogP contribution in [0.4, 0.5) is 17.1 Å². The van der Waals surface area contributed by atoms with Crippen molar-refractivity contribution in [2.45, 2.75) is 121 Å². The molecule has 0 spiro atoms.